The summed E-state index contributed by atoms with van der Waals surface area (Å²) in [6.07, 6.45) is 0. The van der Waals surface area contributed by atoms with Gasteiger partial charge in [0.05, 0.1) is 21.0 Å². The van der Waals surface area contributed by atoms with Gasteiger partial charge in [-0.3, -0.25) is 4.79 Å². The van der Waals surface area contributed by atoms with Crippen LogP contribution in [0.25, 0.3) is 0 Å². The molecular weight excluding hydrogens is 393 g/mol. The molecule has 1 N–H and O–H groups in total. The van der Waals surface area contributed by atoms with Gasteiger partial charge >= 0.3 is 0 Å². The third-order valence-corrected chi connectivity index (χ3v) is 6.23. The van der Waals surface area contributed by atoms with Crippen molar-refractivity contribution >= 4 is 33.2 Å². The van der Waals surface area contributed by atoms with Crippen LogP contribution in [0.5, 0.6) is 0 Å². The number of nitrogens with one attached hydrogen (secondary N) is 1. The van der Waals surface area contributed by atoms with Crippen molar-refractivity contribution in [3.8, 4) is 6.07 Å². The van der Waals surface area contributed by atoms with E-state index in [-0.39, 0.29) is 34.3 Å². The molecule has 0 heterocycles. The van der Waals surface area contributed by atoms with E-state index in [1.54, 1.807) is 13.8 Å². The van der Waals surface area contributed by atoms with Gasteiger partial charge in [0.2, 0.25) is 10.0 Å². The molecular formula is C18H17ClFN3O3S. The van der Waals surface area contributed by atoms with Crippen LogP contribution in [0.3, 0.4) is 0 Å². The van der Waals surface area contributed by atoms with Gasteiger partial charge in [0.15, 0.2) is 0 Å². The molecule has 0 aromatic heterocycles. The summed E-state index contributed by atoms with van der Waals surface area (Å²) in [5.41, 5.74) is 0.0669. The molecule has 142 valence electrons. The van der Waals surface area contributed by atoms with Gasteiger partial charge in [-0.2, -0.15) is 9.57 Å². The second-order valence-corrected chi connectivity index (χ2v) is 7.84. The molecule has 0 radical (unpaired) electrons. The average Bonchev–Trinajstić information content (AvgIpc) is 2.62. The fourth-order valence-corrected chi connectivity index (χ4v) is 4.14. The Morgan fingerprint density at radius 3 is 2.44 bits per heavy atom. The summed E-state index contributed by atoms with van der Waals surface area (Å²) in [6, 6.07) is 9.16. The van der Waals surface area contributed by atoms with Crippen LogP contribution >= 0.6 is 11.6 Å². The molecule has 2 rings (SSSR count). The van der Waals surface area contributed by atoms with Gasteiger partial charge in [-0.05, 0) is 36.4 Å². The Hall–Kier alpha value is -2.47. The van der Waals surface area contributed by atoms with E-state index in [0.29, 0.717) is 0 Å². The van der Waals surface area contributed by atoms with Gasteiger partial charge in [-0.15, -0.1) is 0 Å². The van der Waals surface area contributed by atoms with Crippen molar-refractivity contribution in [1.82, 2.24) is 4.31 Å². The van der Waals surface area contributed by atoms with Crippen LogP contribution in [-0.2, 0) is 10.0 Å². The fraction of sp³-hybridized carbons (Fsp3) is 0.222. The zero-order valence-corrected chi connectivity index (χ0v) is 16.2. The standard InChI is InChI=1S/C18H17ClFN3O3S/c1-3-23(4-2)27(25,26)14-7-8-17(20)15(10-14)18(24)22-13-6-5-12(11-21)16(19)9-13/h5-10H,3-4H2,1-2H3,(H,22,24). The van der Waals surface area contributed by atoms with Crippen molar-refractivity contribution in [2.45, 2.75) is 18.7 Å². The summed E-state index contributed by atoms with van der Waals surface area (Å²) in [6.45, 7) is 3.88. The fourth-order valence-electron chi connectivity index (χ4n) is 2.43. The Labute approximate surface area is 162 Å². The molecule has 0 atom stereocenters. The number of nitriles is 1. The lowest BCUT2D eigenvalue weighted by Crippen LogP contribution is -2.31. The van der Waals surface area contributed by atoms with Crippen molar-refractivity contribution in [2.24, 2.45) is 0 Å². The second kappa shape index (κ2) is 8.48. The van der Waals surface area contributed by atoms with Gasteiger partial charge in [0, 0.05) is 18.8 Å². The number of carbonyl (C=O) groups excluding carboxylic acids is 1. The summed E-state index contributed by atoms with van der Waals surface area (Å²) >= 11 is 5.91. The summed E-state index contributed by atoms with van der Waals surface area (Å²) in [5, 5.41) is 11.4. The number of hydrogen-bond donors (Lipinski definition) is 1. The molecule has 0 bridgehead atoms. The first kappa shape index (κ1) is 20.8. The molecule has 0 spiro atoms. The lowest BCUT2D eigenvalue weighted by Gasteiger charge is -2.19. The van der Waals surface area contributed by atoms with Gasteiger partial charge in [-0.25, -0.2) is 12.8 Å². The zero-order valence-electron chi connectivity index (χ0n) is 14.7. The van der Waals surface area contributed by atoms with Crippen LogP contribution < -0.4 is 5.32 Å². The molecule has 0 aliphatic heterocycles. The van der Waals surface area contributed by atoms with Gasteiger partial charge in [0.25, 0.3) is 5.91 Å². The molecule has 2 aromatic rings. The summed E-state index contributed by atoms with van der Waals surface area (Å²) in [7, 11) is -3.83. The Morgan fingerprint density at radius 1 is 1.22 bits per heavy atom. The minimum Gasteiger partial charge on any atom is -0.322 e. The first-order valence-corrected chi connectivity index (χ1v) is 9.87. The van der Waals surface area contributed by atoms with Crippen molar-refractivity contribution in [3.63, 3.8) is 0 Å². The highest BCUT2D eigenvalue weighted by atomic mass is 35.5. The highest BCUT2D eigenvalue weighted by Gasteiger charge is 2.24. The molecule has 6 nitrogen and oxygen atoms in total. The monoisotopic (exact) mass is 409 g/mol. The predicted octanol–water partition coefficient (Wildman–Crippen LogP) is 3.63. The molecule has 0 saturated carbocycles. The summed E-state index contributed by atoms with van der Waals surface area (Å²) < 4.78 is 40.5. The van der Waals surface area contributed by atoms with Gasteiger partial charge in [0.1, 0.15) is 11.9 Å². The smallest absolute Gasteiger partial charge is 0.258 e. The largest absolute Gasteiger partial charge is 0.322 e. The molecule has 27 heavy (non-hydrogen) atoms. The Bertz CT molecular complexity index is 1010. The Kier molecular flexibility index (Phi) is 6.54. The van der Waals surface area contributed by atoms with Gasteiger partial charge in [-0.1, -0.05) is 25.4 Å². The number of nitrogens with zero attached hydrogens (tertiary/aromatic N) is 2. The number of benzene rings is 2. The Morgan fingerprint density at radius 2 is 1.89 bits per heavy atom. The van der Waals surface area contributed by atoms with E-state index in [1.165, 1.54) is 22.5 Å². The molecule has 0 aliphatic carbocycles. The van der Waals surface area contributed by atoms with Crippen LogP contribution in [0.15, 0.2) is 41.3 Å². The molecule has 2 aromatic carbocycles. The van der Waals surface area contributed by atoms with Crippen molar-refractivity contribution < 1.29 is 17.6 Å². The lowest BCUT2D eigenvalue weighted by atomic mass is 10.1. The molecule has 0 fully saturated rings. The third kappa shape index (κ3) is 4.45. The van der Waals surface area contributed by atoms with E-state index >= 15 is 0 Å². The number of hydrogen-bond acceptors (Lipinski definition) is 4. The predicted molar refractivity (Wildman–Crippen MR) is 101 cm³/mol. The molecule has 0 aliphatic rings. The van der Waals surface area contributed by atoms with E-state index in [0.717, 1.165) is 18.2 Å². The van der Waals surface area contributed by atoms with Crippen LogP contribution in [0.4, 0.5) is 10.1 Å². The zero-order chi connectivity index (χ0) is 20.2. The van der Waals surface area contributed by atoms with Crippen LogP contribution in [0.1, 0.15) is 29.8 Å². The average molecular weight is 410 g/mol. The minimum atomic E-state index is -3.83. The number of amides is 1. The first-order valence-electron chi connectivity index (χ1n) is 8.05. The lowest BCUT2D eigenvalue weighted by molar-refractivity contribution is 0.102. The van der Waals surface area contributed by atoms with E-state index in [2.05, 4.69) is 5.32 Å². The molecule has 0 unspecified atom stereocenters. The van der Waals surface area contributed by atoms with Crippen molar-refractivity contribution in [3.05, 3.63) is 58.4 Å². The second-order valence-electron chi connectivity index (χ2n) is 5.49. The SMILES string of the molecule is CCN(CC)S(=O)(=O)c1ccc(F)c(C(=O)Nc2ccc(C#N)c(Cl)c2)c1. The topological polar surface area (TPSA) is 90.3 Å². The minimum absolute atomic E-state index is 0.133. The third-order valence-electron chi connectivity index (χ3n) is 3.87. The molecule has 0 saturated heterocycles. The van der Waals surface area contributed by atoms with Crippen LogP contribution in [0.2, 0.25) is 5.02 Å². The van der Waals surface area contributed by atoms with Crippen molar-refractivity contribution in [1.29, 1.82) is 5.26 Å². The maximum Gasteiger partial charge on any atom is 0.258 e. The molecule has 9 heteroatoms. The maximum absolute atomic E-state index is 14.1. The van der Waals surface area contributed by atoms with E-state index in [1.807, 2.05) is 6.07 Å². The maximum atomic E-state index is 14.1. The highest BCUT2D eigenvalue weighted by molar-refractivity contribution is 7.89. The van der Waals surface area contributed by atoms with E-state index < -0.39 is 27.3 Å². The van der Waals surface area contributed by atoms with E-state index in [9.17, 15) is 17.6 Å². The van der Waals surface area contributed by atoms with Crippen molar-refractivity contribution in [2.75, 3.05) is 18.4 Å². The number of anilines is 1. The van der Waals surface area contributed by atoms with Crippen LogP contribution in [-0.4, -0.2) is 31.7 Å². The number of carbonyl (C=O) groups is 1. The number of rotatable bonds is 6. The summed E-state index contributed by atoms with van der Waals surface area (Å²) in [5.74, 6) is -1.68. The number of sulfonamides is 1. The Balaban J connectivity index is 2.37. The highest BCUT2D eigenvalue weighted by Crippen LogP contribution is 2.23. The van der Waals surface area contributed by atoms with Gasteiger partial charge < -0.3 is 5.32 Å². The quantitative estimate of drug-likeness (QED) is 0.788. The van der Waals surface area contributed by atoms with E-state index in [4.69, 9.17) is 16.9 Å². The number of halogens is 2. The summed E-state index contributed by atoms with van der Waals surface area (Å²) in [4.78, 5) is 12.3. The van der Waals surface area contributed by atoms with Crippen LogP contribution in [0, 0.1) is 17.1 Å². The normalized spacial score (nSPS) is 11.3. The first-order chi connectivity index (χ1) is 12.7. The molecule has 1 amide bonds.